The SMILES string of the molecule is CCCCCCCCCCCCCCCC(=O)O[C@@H]1[C@@H](O)[C@H](O)[C@@H](CO)O[C@H]1O. The first-order valence-electron chi connectivity index (χ1n) is 11.5. The molecule has 0 aliphatic carbocycles. The van der Waals surface area contributed by atoms with Crippen LogP contribution in [0.5, 0.6) is 0 Å². The maximum absolute atomic E-state index is 11.9. The Bertz CT molecular complexity index is 418. The largest absolute Gasteiger partial charge is 0.454 e. The molecule has 7 heteroatoms. The zero-order valence-corrected chi connectivity index (χ0v) is 18.0. The molecule has 29 heavy (non-hydrogen) atoms. The van der Waals surface area contributed by atoms with Crippen LogP contribution in [0.3, 0.4) is 0 Å². The van der Waals surface area contributed by atoms with E-state index in [0.29, 0.717) is 6.42 Å². The zero-order chi connectivity index (χ0) is 21.5. The van der Waals surface area contributed by atoms with Gasteiger partial charge in [0, 0.05) is 6.42 Å². The van der Waals surface area contributed by atoms with Crippen molar-refractivity contribution in [2.75, 3.05) is 6.61 Å². The fourth-order valence-corrected chi connectivity index (χ4v) is 3.70. The van der Waals surface area contributed by atoms with Crippen LogP contribution in [0.2, 0.25) is 0 Å². The Morgan fingerprint density at radius 1 is 0.793 bits per heavy atom. The molecule has 1 heterocycles. The van der Waals surface area contributed by atoms with Crippen molar-refractivity contribution >= 4 is 5.97 Å². The fraction of sp³-hybridized carbons (Fsp3) is 0.955. The molecule has 1 aliphatic heterocycles. The first kappa shape index (κ1) is 26.3. The normalized spacial score (nSPS) is 27.1. The molecule has 1 rings (SSSR count). The molecule has 1 fully saturated rings. The van der Waals surface area contributed by atoms with Crippen LogP contribution in [-0.4, -0.2) is 63.7 Å². The molecule has 0 aromatic heterocycles. The predicted octanol–water partition coefficient (Wildman–Crippen LogP) is 2.81. The molecular weight excluding hydrogens is 376 g/mol. The summed E-state index contributed by atoms with van der Waals surface area (Å²) in [6, 6.07) is 0. The maximum atomic E-state index is 11.9. The van der Waals surface area contributed by atoms with E-state index in [-0.39, 0.29) is 6.42 Å². The zero-order valence-electron chi connectivity index (χ0n) is 18.0. The lowest BCUT2D eigenvalue weighted by molar-refractivity contribution is -0.290. The lowest BCUT2D eigenvalue weighted by Crippen LogP contribution is -2.59. The Kier molecular flexibility index (Phi) is 14.5. The number of hydrogen-bond donors (Lipinski definition) is 4. The molecule has 0 aromatic rings. The summed E-state index contributed by atoms with van der Waals surface area (Å²) in [6.45, 7) is 1.69. The summed E-state index contributed by atoms with van der Waals surface area (Å²) in [5.41, 5.74) is 0. The van der Waals surface area contributed by atoms with Crippen molar-refractivity contribution < 1.29 is 34.7 Å². The van der Waals surface area contributed by atoms with Gasteiger partial charge in [-0.2, -0.15) is 0 Å². The van der Waals surface area contributed by atoms with Gasteiger partial charge in [-0.1, -0.05) is 84.0 Å². The number of aliphatic hydroxyl groups excluding tert-OH is 4. The number of rotatable bonds is 16. The van der Waals surface area contributed by atoms with Gasteiger partial charge in [0.1, 0.15) is 18.3 Å². The molecule has 0 radical (unpaired) electrons. The molecule has 0 amide bonds. The van der Waals surface area contributed by atoms with Gasteiger partial charge < -0.3 is 29.9 Å². The van der Waals surface area contributed by atoms with Gasteiger partial charge >= 0.3 is 5.97 Å². The fourth-order valence-electron chi connectivity index (χ4n) is 3.70. The monoisotopic (exact) mass is 418 g/mol. The Hall–Kier alpha value is -0.730. The topological polar surface area (TPSA) is 116 Å². The molecule has 4 N–H and O–H groups in total. The summed E-state index contributed by atoms with van der Waals surface area (Å²) in [5, 5.41) is 38.6. The first-order chi connectivity index (χ1) is 14.0. The minimum Gasteiger partial charge on any atom is -0.454 e. The van der Waals surface area contributed by atoms with Gasteiger partial charge in [0.05, 0.1) is 6.61 Å². The van der Waals surface area contributed by atoms with E-state index in [2.05, 4.69) is 6.92 Å². The number of unbranched alkanes of at least 4 members (excludes halogenated alkanes) is 12. The lowest BCUT2D eigenvalue weighted by Gasteiger charge is -2.39. The molecule has 7 nitrogen and oxygen atoms in total. The average molecular weight is 419 g/mol. The molecule has 0 bridgehead atoms. The summed E-state index contributed by atoms with van der Waals surface area (Å²) >= 11 is 0. The van der Waals surface area contributed by atoms with Crippen molar-refractivity contribution in [2.24, 2.45) is 0 Å². The van der Waals surface area contributed by atoms with Crippen LogP contribution in [-0.2, 0) is 14.3 Å². The smallest absolute Gasteiger partial charge is 0.306 e. The van der Waals surface area contributed by atoms with Crippen molar-refractivity contribution in [3.8, 4) is 0 Å². The molecule has 5 atom stereocenters. The van der Waals surface area contributed by atoms with Gasteiger partial charge in [-0.3, -0.25) is 4.79 Å². The van der Waals surface area contributed by atoms with Crippen LogP contribution in [0.1, 0.15) is 96.8 Å². The van der Waals surface area contributed by atoms with Gasteiger partial charge in [-0.05, 0) is 6.42 Å². The second-order valence-corrected chi connectivity index (χ2v) is 8.18. The standard InChI is InChI=1S/C22H42O7/c1-2-3-4-5-6-7-8-9-10-11-12-13-14-15-18(24)29-21-20(26)19(25)17(16-23)28-22(21)27/h17,19-23,25-27H,2-16H2,1H3/t17-,19-,20+,21-,22-/m1/s1. The van der Waals surface area contributed by atoms with Crippen molar-refractivity contribution in [1.29, 1.82) is 0 Å². The second kappa shape index (κ2) is 16.0. The van der Waals surface area contributed by atoms with Crippen LogP contribution in [0.4, 0.5) is 0 Å². The summed E-state index contributed by atoms with van der Waals surface area (Å²) in [5.74, 6) is -0.533. The van der Waals surface area contributed by atoms with E-state index in [0.717, 1.165) is 12.8 Å². The van der Waals surface area contributed by atoms with E-state index in [1.54, 1.807) is 0 Å². The van der Waals surface area contributed by atoms with Crippen LogP contribution in [0, 0.1) is 0 Å². The first-order valence-corrected chi connectivity index (χ1v) is 11.5. The third-order valence-corrected chi connectivity index (χ3v) is 5.59. The molecule has 0 spiro atoms. The predicted molar refractivity (Wildman–Crippen MR) is 110 cm³/mol. The number of esters is 1. The molecule has 0 aromatic carbocycles. The highest BCUT2D eigenvalue weighted by Crippen LogP contribution is 2.23. The highest BCUT2D eigenvalue weighted by Gasteiger charge is 2.45. The highest BCUT2D eigenvalue weighted by atomic mass is 16.7. The van der Waals surface area contributed by atoms with Gasteiger partial charge in [0.25, 0.3) is 0 Å². The Morgan fingerprint density at radius 2 is 1.28 bits per heavy atom. The maximum Gasteiger partial charge on any atom is 0.306 e. The van der Waals surface area contributed by atoms with Crippen molar-refractivity contribution in [3.05, 3.63) is 0 Å². The summed E-state index contributed by atoms with van der Waals surface area (Å²) in [6.07, 6.45) is 9.08. The number of hydrogen-bond acceptors (Lipinski definition) is 7. The van der Waals surface area contributed by atoms with E-state index in [1.165, 1.54) is 64.2 Å². The van der Waals surface area contributed by atoms with Crippen LogP contribution in [0.15, 0.2) is 0 Å². The molecular formula is C22H42O7. The van der Waals surface area contributed by atoms with Crippen molar-refractivity contribution in [2.45, 2.75) is 128 Å². The molecule has 1 aliphatic rings. The van der Waals surface area contributed by atoms with Gasteiger partial charge in [0.15, 0.2) is 12.4 Å². The molecule has 0 saturated carbocycles. The Balaban J connectivity index is 2.00. The van der Waals surface area contributed by atoms with Crippen LogP contribution < -0.4 is 0 Å². The molecule has 172 valence electrons. The number of carbonyl (C=O) groups excluding carboxylic acids is 1. The summed E-state index contributed by atoms with van der Waals surface area (Å²) in [7, 11) is 0. The number of aliphatic hydroxyl groups is 4. The van der Waals surface area contributed by atoms with E-state index in [9.17, 15) is 20.1 Å². The van der Waals surface area contributed by atoms with Crippen molar-refractivity contribution in [3.63, 3.8) is 0 Å². The Labute approximate surface area is 175 Å². The van der Waals surface area contributed by atoms with Gasteiger partial charge in [-0.25, -0.2) is 0 Å². The third-order valence-electron chi connectivity index (χ3n) is 5.59. The number of carbonyl (C=O) groups is 1. The minimum absolute atomic E-state index is 0.202. The second-order valence-electron chi connectivity index (χ2n) is 8.18. The van der Waals surface area contributed by atoms with Gasteiger partial charge in [0.2, 0.25) is 0 Å². The third kappa shape index (κ3) is 10.7. The minimum atomic E-state index is -1.57. The van der Waals surface area contributed by atoms with E-state index in [1.807, 2.05) is 0 Å². The highest BCUT2D eigenvalue weighted by molar-refractivity contribution is 5.69. The van der Waals surface area contributed by atoms with Crippen LogP contribution >= 0.6 is 0 Å². The van der Waals surface area contributed by atoms with E-state index >= 15 is 0 Å². The van der Waals surface area contributed by atoms with E-state index < -0.39 is 43.3 Å². The van der Waals surface area contributed by atoms with Crippen LogP contribution in [0.25, 0.3) is 0 Å². The molecule has 1 saturated heterocycles. The summed E-state index contributed by atoms with van der Waals surface area (Å²) < 4.78 is 10.1. The van der Waals surface area contributed by atoms with Gasteiger partial charge in [-0.15, -0.1) is 0 Å². The Morgan fingerprint density at radius 3 is 1.76 bits per heavy atom. The average Bonchev–Trinajstić information content (AvgIpc) is 2.71. The quantitative estimate of drug-likeness (QED) is 0.225. The molecule has 0 unspecified atom stereocenters. The lowest BCUT2D eigenvalue weighted by atomic mass is 9.99. The summed E-state index contributed by atoms with van der Waals surface area (Å²) in [4.78, 5) is 11.9. The van der Waals surface area contributed by atoms with E-state index in [4.69, 9.17) is 14.6 Å². The van der Waals surface area contributed by atoms with Crippen molar-refractivity contribution in [1.82, 2.24) is 0 Å². The number of ether oxygens (including phenoxy) is 2.